The molecule has 1 amide bonds. The van der Waals surface area contributed by atoms with Gasteiger partial charge in [-0.2, -0.15) is 0 Å². The number of carbonyl (C=O) groups is 1. The van der Waals surface area contributed by atoms with Crippen molar-refractivity contribution in [2.75, 3.05) is 24.3 Å². The van der Waals surface area contributed by atoms with Gasteiger partial charge in [0.1, 0.15) is 17.2 Å². The maximum atomic E-state index is 13.8. The molecule has 2 aromatic rings. The van der Waals surface area contributed by atoms with E-state index in [9.17, 15) is 13.6 Å². The lowest BCUT2D eigenvalue weighted by Gasteiger charge is -2.16. The second-order valence-electron chi connectivity index (χ2n) is 4.47. The molecule has 1 aromatic heterocycles. The van der Waals surface area contributed by atoms with E-state index in [-0.39, 0.29) is 4.47 Å². The predicted octanol–water partition coefficient (Wildman–Crippen LogP) is 3.44. The highest BCUT2D eigenvalue weighted by Gasteiger charge is 2.20. The molecule has 7 heteroatoms. The molecule has 1 aromatic carbocycles. The summed E-state index contributed by atoms with van der Waals surface area (Å²) in [5.74, 6) is -2.25. The normalized spacial score (nSPS) is 10.3. The van der Waals surface area contributed by atoms with Gasteiger partial charge in [0.25, 0.3) is 5.91 Å². The molecule has 0 unspecified atom stereocenters. The lowest BCUT2D eigenvalue weighted by Crippen LogP contribution is -2.19. The van der Waals surface area contributed by atoms with Crippen LogP contribution in [0.15, 0.2) is 34.9 Å². The van der Waals surface area contributed by atoms with Crippen molar-refractivity contribution in [3.8, 4) is 0 Å². The Morgan fingerprint density at radius 3 is 2.48 bits per heavy atom. The highest BCUT2D eigenvalue weighted by atomic mass is 79.9. The van der Waals surface area contributed by atoms with Crippen LogP contribution in [0.3, 0.4) is 0 Å². The van der Waals surface area contributed by atoms with Gasteiger partial charge in [-0.05, 0) is 24.3 Å². The number of pyridine rings is 1. The van der Waals surface area contributed by atoms with Crippen LogP contribution in [0.25, 0.3) is 0 Å². The Balaban J connectivity index is 2.36. The first kappa shape index (κ1) is 15.4. The van der Waals surface area contributed by atoms with Crippen molar-refractivity contribution >= 4 is 33.3 Å². The molecular weight excluding hydrogens is 344 g/mol. The zero-order valence-electron chi connectivity index (χ0n) is 11.3. The van der Waals surface area contributed by atoms with Crippen LogP contribution in [0.4, 0.5) is 20.3 Å². The van der Waals surface area contributed by atoms with Crippen LogP contribution in [0.2, 0.25) is 0 Å². The van der Waals surface area contributed by atoms with E-state index in [0.29, 0.717) is 11.5 Å². The summed E-state index contributed by atoms with van der Waals surface area (Å²) in [4.78, 5) is 17.9. The van der Waals surface area contributed by atoms with Crippen molar-refractivity contribution in [1.82, 2.24) is 4.98 Å². The van der Waals surface area contributed by atoms with Crippen molar-refractivity contribution in [2.24, 2.45) is 0 Å². The fraction of sp³-hybridized carbons (Fsp3) is 0.143. The summed E-state index contributed by atoms with van der Waals surface area (Å²) in [7, 11) is 3.50. The number of halogens is 3. The van der Waals surface area contributed by atoms with Gasteiger partial charge in [-0.15, -0.1) is 0 Å². The Labute approximate surface area is 128 Å². The monoisotopic (exact) mass is 355 g/mol. The molecule has 1 heterocycles. The minimum atomic E-state index is -0.935. The zero-order valence-corrected chi connectivity index (χ0v) is 12.9. The molecule has 0 fully saturated rings. The number of nitrogens with zero attached hydrogens (tertiary/aromatic N) is 2. The summed E-state index contributed by atoms with van der Waals surface area (Å²) >= 11 is 2.97. The molecular formula is C14H12BrF2N3O. The van der Waals surface area contributed by atoms with Crippen LogP contribution in [0, 0.1) is 11.6 Å². The van der Waals surface area contributed by atoms with Gasteiger partial charge in [-0.25, -0.2) is 13.8 Å². The van der Waals surface area contributed by atoms with Gasteiger partial charge < -0.3 is 10.2 Å². The highest BCUT2D eigenvalue weighted by molar-refractivity contribution is 9.10. The van der Waals surface area contributed by atoms with Gasteiger partial charge in [0, 0.05) is 24.8 Å². The van der Waals surface area contributed by atoms with Crippen molar-refractivity contribution in [1.29, 1.82) is 0 Å². The third-order valence-corrected chi connectivity index (χ3v) is 3.15. The Kier molecular flexibility index (Phi) is 4.52. The van der Waals surface area contributed by atoms with Gasteiger partial charge in [0.05, 0.1) is 5.69 Å². The Hall–Kier alpha value is -2.02. The van der Waals surface area contributed by atoms with Crippen molar-refractivity contribution in [3.05, 3.63) is 52.1 Å². The van der Waals surface area contributed by atoms with E-state index in [4.69, 9.17) is 0 Å². The van der Waals surface area contributed by atoms with E-state index in [1.165, 1.54) is 0 Å². The molecule has 0 aliphatic heterocycles. The summed E-state index contributed by atoms with van der Waals surface area (Å²) in [5.41, 5.74) is -0.263. The van der Waals surface area contributed by atoms with Crippen LogP contribution in [-0.2, 0) is 0 Å². The summed E-state index contributed by atoms with van der Waals surface area (Å²) in [5, 5.41) is 2.47. The molecule has 0 saturated carbocycles. The number of carbonyl (C=O) groups excluding carboxylic acids is 1. The topological polar surface area (TPSA) is 45.2 Å². The van der Waals surface area contributed by atoms with Crippen molar-refractivity contribution in [3.63, 3.8) is 0 Å². The molecule has 0 saturated heterocycles. The first-order valence-corrected chi connectivity index (χ1v) is 6.77. The molecule has 2 rings (SSSR count). The van der Waals surface area contributed by atoms with Gasteiger partial charge in [-0.1, -0.05) is 15.9 Å². The average Bonchev–Trinajstić information content (AvgIpc) is 2.37. The summed E-state index contributed by atoms with van der Waals surface area (Å²) in [6.45, 7) is 0. The lowest BCUT2D eigenvalue weighted by molar-refractivity contribution is 0.101. The molecule has 0 aliphatic carbocycles. The largest absolute Gasteiger partial charge is 0.361 e. The van der Waals surface area contributed by atoms with E-state index in [1.807, 2.05) is 0 Å². The minimum absolute atomic E-state index is 0.226. The van der Waals surface area contributed by atoms with E-state index >= 15 is 0 Å². The Morgan fingerprint density at radius 2 is 1.90 bits per heavy atom. The summed E-state index contributed by atoms with van der Waals surface area (Å²) in [6, 6.07) is 5.30. The van der Waals surface area contributed by atoms with Crippen LogP contribution < -0.4 is 10.2 Å². The second-order valence-corrected chi connectivity index (χ2v) is 5.38. The van der Waals surface area contributed by atoms with E-state index in [2.05, 4.69) is 26.2 Å². The SMILES string of the molecule is CN(C)c1ncccc1NC(=O)c1c(F)cc(Br)cc1F. The number of anilines is 2. The van der Waals surface area contributed by atoms with Crippen molar-refractivity contribution < 1.29 is 13.6 Å². The lowest BCUT2D eigenvalue weighted by atomic mass is 10.2. The van der Waals surface area contributed by atoms with Crippen LogP contribution in [0.5, 0.6) is 0 Å². The number of benzene rings is 1. The number of rotatable bonds is 3. The number of amides is 1. The van der Waals surface area contributed by atoms with Crippen LogP contribution in [-0.4, -0.2) is 25.0 Å². The first-order valence-electron chi connectivity index (χ1n) is 5.98. The number of hydrogen-bond donors (Lipinski definition) is 1. The van der Waals surface area contributed by atoms with Gasteiger partial charge in [0.15, 0.2) is 5.82 Å². The number of nitrogens with one attached hydrogen (secondary N) is 1. The zero-order chi connectivity index (χ0) is 15.6. The first-order chi connectivity index (χ1) is 9.90. The van der Waals surface area contributed by atoms with Gasteiger partial charge in [-0.3, -0.25) is 4.79 Å². The Bertz CT molecular complexity index is 669. The van der Waals surface area contributed by atoms with Crippen molar-refractivity contribution in [2.45, 2.75) is 0 Å². The molecule has 4 nitrogen and oxygen atoms in total. The molecule has 0 radical (unpaired) electrons. The minimum Gasteiger partial charge on any atom is -0.361 e. The maximum Gasteiger partial charge on any atom is 0.261 e. The molecule has 110 valence electrons. The van der Waals surface area contributed by atoms with Crippen LogP contribution >= 0.6 is 15.9 Å². The predicted molar refractivity (Wildman–Crippen MR) is 80.6 cm³/mol. The van der Waals surface area contributed by atoms with E-state index in [0.717, 1.165) is 12.1 Å². The third kappa shape index (κ3) is 3.36. The molecule has 0 bridgehead atoms. The fourth-order valence-electron chi connectivity index (χ4n) is 1.79. The summed E-state index contributed by atoms with van der Waals surface area (Å²) in [6.07, 6.45) is 1.56. The molecule has 21 heavy (non-hydrogen) atoms. The number of aromatic nitrogens is 1. The molecule has 0 aliphatic rings. The summed E-state index contributed by atoms with van der Waals surface area (Å²) < 4.78 is 27.8. The van der Waals surface area contributed by atoms with E-state index < -0.39 is 23.1 Å². The molecule has 0 atom stereocenters. The quantitative estimate of drug-likeness (QED) is 0.917. The third-order valence-electron chi connectivity index (χ3n) is 2.69. The smallest absolute Gasteiger partial charge is 0.261 e. The van der Waals surface area contributed by atoms with Crippen LogP contribution in [0.1, 0.15) is 10.4 Å². The van der Waals surface area contributed by atoms with Gasteiger partial charge >= 0.3 is 0 Å². The van der Waals surface area contributed by atoms with E-state index in [1.54, 1.807) is 37.3 Å². The fourth-order valence-corrected chi connectivity index (χ4v) is 2.20. The number of hydrogen-bond acceptors (Lipinski definition) is 3. The molecule has 1 N–H and O–H groups in total. The maximum absolute atomic E-state index is 13.8. The standard InChI is InChI=1S/C14H12BrF2N3O/c1-20(2)13-11(4-3-5-18-13)19-14(21)12-9(16)6-8(15)7-10(12)17/h3-7H,1-2H3,(H,19,21). The molecule has 0 spiro atoms. The Morgan fingerprint density at radius 1 is 1.29 bits per heavy atom. The van der Waals surface area contributed by atoms with Gasteiger partial charge in [0.2, 0.25) is 0 Å². The average molecular weight is 356 g/mol. The second kappa shape index (κ2) is 6.17. The highest BCUT2D eigenvalue weighted by Crippen LogP contribution is 2.24.